The molecule has 2 aliphatic rings. The predicted octanol–water partition coefficient (Wildman–Crippen LogP) is 5.56. The number of likely N-dealkylation sites (tertiary alicyclic amines) is 1. The van der Waals surface area contributed by atoms with Gasteiger partial charge in [0, 0.05) is 54.6 Å². The van der Waals surface area contributed by atoms with Crippen molar-refractivity contribution in [1.29, 1.82) is 0 Å². The Balaban J connectivity index is 1.25. The molecule has 0 radical (unpaired) electrons. The minimum absolute atomic E-state index is 0.00221. The van der Waals surface area contributed by atoms with Gasteiger partial charge in [-0.15, -0.1) is 6.42 Å². The summed E-state index contributed by atoms with van der Waals surface area (Å²) in [4.78, 5) is 34.2. The molecular formula is C34H26F2N6O2. The molecular weight excluding hydrogens is 562 g/mol. The SMILES string of the molecule is C#Cc1cccc2cccc(-c3ncc4c(N5CCC6(CCN6C(=O)/C(F)=C/c6ccccn6)C5)nc(OC)nc4c3F)c12. The molecule has 0 aliphatic carbocycles. The van der Waals surface area contributed by atoms with Crippen LogP contribution in [0.4, 0.5) is 14.6 Å². The van der Waals surface area contributed by atoms with E-state index in [0.29, 0.717) is 60.5 Å². The summed E-state index contributed by atoms with van der Waals surface area (Å²) in [6, 6.07) is 16.2. The zero-order chi connectivity index (χ0) is 30.4. The molecule has 1 atom stereocenters. The normalized spacial score (nSPS) is 18.1. The fourth-order valence-corrected chi connectivity index (χ4v) is 6.30. The summed E-state index contributed by atoms with van der Waals surface area (Å²) in [5, 5.41) is 2.00. The van der Waals surface area contributed by atoms with Crippen molar-refractivity contribution in [2.45, 2.75) is 18.4 Å². The van der Waals surface area contributed by atoms with E-state index in [1.54, 1.807) is 41.6 Å². The third-order valence-corrected chi connectivity index (χ3v) is 8.56. The summed E-state index contributed by atoms with van der Waals surface area (Å²) in [7, 11) is 1.42. The maximum Gasteiger partial charge on any atom is 0.318 e. The number of halogens is 2. The highest BCUT2D eigenvalue weighted by Gasteiger charge is 2.52. The Morgan fingerprint density at radius 2 is 1.89 bits per heavy atom. The third-order valence-electron chi connectivity index (χ3n) is 8.56. The molecule has 1 unspecified atom stereocenters. The van der Waals surface area contributed by atoms with Crippen molar-refractivity contribution in [3.63, 3.8) is 0 Å². The Labute approximate surface area is 252 Å². The number of nitrogens with zero attached hydrogens (tertiary/aromatic N) is 6. The molecule has 2 aromatic carbocycles. The van der Waals surface area contributed by atoms with E-state index >= 15 is 8.78 Å². The Kier molecular flexibility index (Phi) is 6.66. The van der Waals surface area contributed by atoms with Crippen LogP contribution < -0.4 is 9.64 Å². The zero-order valence-electron chi connectivity index (χ0n) is 23.8. The lowest BCUT2D eigenvalue weighted by Gasteiger charge is -2.50. The molecule has 5 heterocycles. The van der Waals surface area contributed by atoms with Crippen LogP contribution in [0.5, 0.6) is 6.01 Å². The second-order valence-corrected chi connectivity index (χ2v) is 10.9. The van der Waals surface area contributed by atoms with E-state index in [1.165, 1.54) is 7.11 Å². The maximum absolute atomic E-state index is 16.4. The summed E-state index contributed by atoms with van der Waals surface area (Å²) in [6.45, 7) is 1.35. The standard InChI is InChI=1S/C34H26F2N6O2/c1-3-21-8-6-9-22-10-7-12-24(27(21)22)29-28(36)30-25(19-38-29)31(40-33(39-30)44-2)41-16-13-34(20-41)14-17-42(34)32(43)26(35)18-23-11-4-5-15-37-23/h1,4-12,15,18-19H,13-14,16-17,20H2,2H3/b26-18-. The van der Waals surface area contributed by atoms with Crippen molar-refractivity contribution in [3.05, 3.63) is 89.9 Å². The monoisotopic (exact) mass is 588 g/mol. The van der Waals surface area contributed by atoms with Crippen LogP contribution in [-0.4, -0.2) is 63.0 Å². The molecule has 2 saturated heterocycles. The summed E-state index contributed by atoms with van der Waals surface area (Å²) < 4.78 is 36.8. The van der Waals surface area contributed by atoms with E-state index in [0.717, 1.165) is 16.8 Å². The number of hydrogen-bond acceptors (Lipinski definition) is 7. The quantitative estimate of drug-likeness (QED) is 0.196. The van der Waals surface area contributed by atoms with Gasteiger partial charge in [0.15, 0.2) is 11.6 Å². The van der Waals surface area contributed by atoms with Crippen molar-refractivity contribution < 1.29 is 18.3 Å². The average Bonchev–Trinajstić information content (AvgIpc) is 3.52. The van der Waals surface area contributed by atoms with Crippen molar-refractivity contribution in [3.8, 4) is 29.6 Å². The molecule has 0 saturated carbocycles. The molecule has 0 bridgehead atoms. The molecule has 2 fully saturated rings. The van der Waals surface area contributed by atoms with Crippen LogP contribution in [-0.2, 0) is 4.79 Å². The third kappa shape index (κ3) is 4.40. The number of fused-ring (bicyclic) bond motifs is 2. The Bertz CT molecular complexity index is 2020. The van der Waals surface area contributed by atoms with Crippen LogP contribution in [0, 0.1) is 18.2 Å². The number of ether oxygens (including phenoxy) is 1. The number of benzene rings is 2. The van der Waals surface area contributed by atoms with Gasteiger partial charge in [0.05, 0.1) is 23.7 Å². The van der Waals surface area contributed by atoms with E-state index in [2.05, 4.69) is 25.9 Å². The second-order valence-electron chi connectivity index (χ2n) is 10.9. The topological polar surface area (TPSA) is 84.3 Å². The summed E-state index contributed by atoms with van der Waals surface area (Å²) in [5.74, 6) is 0.964. The Morgan fingerprint density at radius 1 is 1.07 bits per heavy atom. The number of pyridine rings is 2. The number of aromatic nitrogens is 4. The van der Waals surface area contributed by atoms with Gasteiger partial charge in [-0.3, -0.25) is 14.8 Å². The smallest absolute Gasteiger partial charge is 0.318 e. The molecule has 218 valence electrons. The van der Waals surface area contributed by atoms with E-state index in [1.807, 2.05) is 35.2 Å². The van der Waals surface area contributed by atoms with Gasteiger partial charge in [0.25, 0.3) is 5.91 Å². The lowest BCUT2D eigenvalue weighted by molar-refractivity contribution is -0.142. The molecule has 1 amide bonds. The van der Waals surface area contributed by atoms with Crippen LogP contribution in [0.15, 0.2) is 72.8 Å². The number of rotatable bonds is 5. The van der Waals surface area contributed by atoms with Crippen molar-refractivity contribution in [2.24, 2.45) is 0 Å². The number of carbonyl (C=O) groups excluding carboxylic acids is 1. The largest absolute Gasteiger partial charge is 0.467 e. The first-order chi connectivity index (χ1) is 21.4. The highest BCUT2D eigenvalue weighted by Crippen LogP contribution is 2.43. The molecule has 2 aliphatic heterocycles. The maximum atomic E-state index is 16.4. The van der Waals surface area contributed by atoms with Crippen LogP contribution in [0.1, 0.15) is 24.1 Å². The molecule has 10 heteroatoms. The zero-order valence-corrected chi connectivity index (χ0v) is 23.8. The van der Waals surface area contributed by atoms with Gasteiger partial charge in [0.1, 0.15) is 17.0 Å². The molecule has 3 aromatic heterocycles. The van der Waals surface area contributed by atoms with E-state index in [9.17, 15) is 4.79 Å². The number of methoxy groups -OCH3 is 1. The summed E-state index contributed by atoms with van der Waals surface area (Å²) in [5.41, 5.74) is 1.15. The predicted molar refractivity (Wildman–Crippen MR) is 164 cm³/mol. The van der Waals surface area contributed by atoms with E-state index < -0.39 is 23.1 Å². The van der Waals surface area contributed by atoms with Crippen molar-refractivity contribution >= 4 is 39.5 Å². The molecule has 1 spiro atoms. The summed E-state index contributed by atoms with van der Waals surface area (Å²) in [6.07, 6.45) is 11.3. The highest BCUT2D eigenvalue weighted by molar-refractivity contribution is 6.02. The fraction of sp³-hybridized carbons (Fsp3) is 0.206. The number of terminal acetylenes is 1. The van der Waals surface area contributed by atoms with Crippen LogP contribution in [0.2, 0.25) is 0 Å². The van der Waals surface area contributed by atoms with Crippen LogP contribution in [0.3, 0.4) is 0 Å². The van der Waals surface area contributed by atoms with Crippen LogP contribution in [0.25, 0.3) is 39.0 Å². The number of anilines is 1. The molecule has 44 heavy (non-hydrogen) atoms. The molecule has 7 rings (SSSR count). The highest BCUT2D eigenvalue weighted by atomic mass is 19.1. The second kappa shape index (κ2) is 10.7. The van der Waals surface area contributed by atoms with E-state index in [4.69, 9.17) is 11.2 Å². The lowest BCUT2D eigenvalue weighted by atomic mass is 9.83. The van der Waals surface area contributed by atoms with E-state index in [-0.39, 0.29) is 17.2 Å². The number of amides is 1. The number of carbonyl (C=O) groups is 1. The van der Waals surface area contributed by atoms with Gasteiger partial charge in [-0.05, 0) is 36.4 Å². The first-order valence-corrected chi connectivity index (χ1v) is 14.2. The van der Waals surface area contributed by atoms with Gasteiger partial charge in [-0.1, -0.05) is 42.3 Å². The van der Waals surface area contributed by atoms with Gasteiger partial charge in [-0.2, -0.15) is 9.97 Å². The summed E-state index contributed by atoms with van der Waals surface area (Å²) >= 11 is 0. The number of hydrogen-bond donors (Lipinski definition) is 0. The average molecular weight is 589 g/mol. The molecule has 5 aromatic rings. The molecule has 8 nitrogen and oxygen atoms in total. The van der Waals surface area contributed by atoms with Gasteiger partial charge in [-0.25, -0.2) is 8.78 Å². The minimum atomic E-state index is -0.865. The van der Waals surface area contributed by atoms with Crippen molar-refractivity contribution in [2.75, 3.05) is 31.6 Å². The Morgan fingerprint density at radius 3 is 2.61 bits per heavy atom. The van der Waals surface area contributed by atoms with Gasteiger partial charge >= 0.3 is 6.01 Å². The molecule has 0 N–H and O–H groups in total. The van der Waals surface area contributed by atoms with Gasteiger partial charge < -0.3 is 14.5 Å². The van der Waals surface area contributed by atoms with Crippen molar-refractivity contribution in [1.82, 2.24) is 24.8 Å². The fourth-order valence-electron chi connectivity index (χ4n) is 6.30. The van der Waals surface area contributed by atoms with Gasteiger partial charge in [0.2, 0.25) is 0 Å². The lowest BCUT2D eigenvalue weighted by Crippen LogP contribution is -2.63. The van der Waals surface area contributed by atoms with Crippen LogP contribution >= 0.6 is 0 Å². The Hall–Kier alpha value is -5.43. The first kappa shape index (κ1) is 27.4. The first-order valence-electron chi connectivity index (χ1n) is 14.2. The minimum Gasteiger partial charge on any atom is -0.467 e.